The molecular weight excluding hydrogens is 364 g/mol. The van der Waals surface area contributed by atoms with Crippen LogP contribution in [0, 0.1) is 6.92 Å². The summed E-state index contributed by atoms with van der Waals surface area (Å²) < 4.78 is 10.9. The highest BCUT2D eigenvalue weighted by Gasteiger charge is 2.23. The number of benzene rings is 2. The molecule has 156 valence electrons. The van der Waals surface area contributed by atoms with Gasteiger partial charge in [-0.3, -0.25) is 9.89 Å². The van der Waals surface area contributed by atoms with Gasteiger partial charge in [-0.1, -0.05) is 42.0 Å². The van der Waals surface area contributed by atoms with E-state index in [1.54, 1.807) is 7.11 Å². The smallest absolute Gasteiger partial charge is 0.191 e. The molecule has 6 nitrogen and oxygen atoms in total. The van der Waals surface area contributed by atoms with E-state index in [-0.39, 0.29) is 6.04 Å². The number of guanidine groups is 1. The maximum atomic E-state index is 5.55. The summed E-state index contributed by atoms with van der Waals surface area (Å²) in [6.07, 6.45) is 0. The molecule has 0 aliphatic carbocycles. The van der Waals surface area contributed by atoms with Crippen LogP contribution in [0.15, 0.2) is 53.5 Å². The Balaban J connectivity index is 1.64. The molecule has 0 saturated carbocycles. The largest absolute Gasteiger partial charge is 0.497 e. The minimum Gasteiger partial charge on any atom is -0.497 e. The van der Waals surface area contributed by atoms with Gasteiger partial charge in [0, 0.05) is 33.2 Å². The fourth-order valence-corrected chi connectivity index (χ4v) is 3.59. The lowest BCUT2D eigenvalue weighted by Crippen LogP contribution is -2.46. The third-order valence-corrected chi connectivity index (χ3v) is 5.22. The van der Waals surface area contributed by atoms with Crippen LogP contribution in [0.2, 0.25) is 0 Å². The Bertz CT molecular complexity index is 786. The zero-order chi connectivity index (χ0) is 20.5. The van der Waals surface area contributed by atoms with E-state index >= 15 is 0 Å². The van der Waals surface area contributed by atoms with E-state index in [1.165, 1.54) is 16.7 Å². The van der Waals surface area contributed by atoms with E-state index < -0.39 is 0 Å². The molecule has 1 fully saturated rings. The predicted octanol–water partition coefficient (Wildman–Crippen LogP) is 2.74. The molecule has 2 aromatic rings. The first-order valence-corrected chi connectivity index (χ1v) is 10.2. The highest BCUT2D eigenvalue weighted by atomic mass is 16.5. The highest BCUT2D eigenvalue weighted by Crippen LogP contribution is 2.23. The molecular formula is C23H32N4O2. The molecule has 3 rings (SSSR count). The molecule has 29 heavy (non-hydrogen) atoms. The quantitative estimate of drug-likeness (QED) is 0.557. The van der Waals surface area contributed by atoms with Gasteiger partial charge >= 0.3 is 0 Å². The highest BCUT2D eigenvalue weighted by molar-refractivity contribution is 5.79. The first kappa shape index (κ1) is 21.1. The summed E-state index contributed by atoms with van der Waals surface area (Å²) in [5.74, 6) is 1.68. The third kappa shape index (κ3) is 6.21. The number of methoxy groups -OCH3 is 1. The molecule has 0 radical (unpaired) electrons. The molecule has 1 heterocycles. The normalized spacial score (nSPS) is 16.3. The first-order chi connectivity index (χ1) is 14.2. The van der Waals surface area contributed by atoms with Crippen LogP contribution in [-0.4, -0.2) is 57.9 Å². The molecule has 0 bridgehead atoms. The maximum Gasteiger partial charge on any atom is 0.191 e. The Morgan fingerprint density at radius 3 is 2.55 bits per heavy atom. The predicted molar refractivity (Wildman–Crippen MR) is 118 cm³/mol. The molecule has 1 aliphatic heterocycles. The van der Waals surface area contributed by atoms with Gasteiger partial charge < -0.3 is 20.1 Å². The van der Waals surface area contributed by atoms with Gasteiger partial charge in [-0.15, -0.1) is 0 Å². The SMILES string of the molecule is CN=C(NCc1cccc(C)c1)NCC(c1ccc(OC)cc1)N1CCOCC1. The van der Waals surface area contributed by atoms with Crippen molar-refractivity contribution in [3.05, 3.63) is 65.2 Å². The molecule has 0 aromatic heterocycles. The lowest BCUT2D eigenvalue weighted by Gasteiger charge is -2.35. The van der Waals surface area contributed by atoms with Gasteiger partial charge in [0.2, 0.25) is 0 Å². The monoisotopic (exact) mass is 396 g/mol. The molecule has 1 atom stereocenters. The van der Waals surface area contributed by atoms with Gasteiger partial charge in [0.05, 0.1) is 26.4 Å². The van der Waals surface area contributed by atoms with Crippen molar-refractivity contribution in [3.63, 3.8) is 0 Å². The van der Waals surface area contributed by atoms with Crippen molar-refractivity contribution in [3.8, 4) is 5.75 Å². The van der Waals surface area contributed by atoms with Crippen LogP contribution in [0.1, 0.15) is 22.7 Å². The maximum absolute atomic E-state index is 5.55. The van der Waals surface area contributed by atoms with Gasteiger partial charge in [0.15, 0.2) is 5.96 Å². The van der Waals surface area contributed by atoms with Crippen molar-refractivity contribution in [1.29, 1.82) is 0 Å². The van der Waals surface area contributed by atoms with Crippen molar-refractivity contribution < 1.29 is 9.47 Å². The van der Waals surface area contributed by atoms with E-state index in [0.29, 0.717) is 0 Å². The molecule has 1 saturated heterocycles. The van der Waals surface area contributed by atoms with Gasteiger partial charge in [-0.25, -0.2) is 0 Å². The van der Waals surface area contributed by atoms with Gasteiger partial charge in [0.1, 0.15) is 5.75 Å². The molecule has 2 N–H and O–H groups in total. The summed E-state index contributed by atoms with van der Waals surface area (Å²) in [6, 6.07) is 17.1. The van der Waals surface area contributed by atoms with Crippen LogP contribution in [0.5, 0.6) is 5.75 Å². The standard InChI is InChI=1S/C23H32N4O2/c1-18-5-4-6-19(15-18)16-25-23(24-2)26-17-22(27-11-13-29-14-12-27)20-7-9-21(28-3)10-8-20/h4-10,15,22H,11-14,16-17H2,1-3H3,(H2,24,25,26). The van der Waals surface area contributed by atoms with Crippen LogP contribution in [0.25, 0.3) is 0 Å². The molecule has 1 unspecified atom stereocenters. The number of rotatable bonds is 7. The van der Waals surface area contributed by atoms with Crippen molar-refractivity contribution in [2.75, 3.05) is 47.0 Å². The summed E-state index contributed by atoms with van der Waals surface area (Å²) in [6.45, 7) is 7.01. The fourth-order valence-electron chi connectivity index (χ4n) is 3.59. The summed E-state index contributed by atoms with van der Waals surface area (Å²) in [5.41, 5.74) is 3.77. The molecule has 2 aromatic carbocycles. The van der Waals surface area contributed by atoms with Crippen LogP contribution in [0.3, 0.4) is 0 Å². The second-order valence-electron chi connectivity index (χ2n) is 7.23. The Morgan fingerprint density at radius 1 is 1.14 bits per heavy atom. The first-order valence-electron chi connectivity index (χ1n) is 10.2. The van der Waals surface area contributed by atoms with Crippen LogP contribution in [0.4, 0.5) is 0 Å². The topological polar surface area (TPSA) is 58.1 Å². The molecule has 1 aliphatic rings. The van der Waals surface area contributed by atoms with E-state index in [0.717, 1.165) is 51.1 Å². The van der Waals surface area contributed by atoms with Gasteiger partial charge in [-0.2, -0.15) is 0 Å². The number of nitrogens with one attached hydrogen (secondary N) is 2. The average molecular weight is 397 g/mol. The lowest BCUT2D eigenvalue weighted by molar-refractivity contribution is 0.0170. The third-order valence-electron chi connectivity index (χ3n) is 5.22. The summed E-state index contributed by atoms with van der Waals surface area (Å²) >= 11 is 0. The Labute approximate surface area is 173 Å². The number of morpholine rings is 1. The zero-order valence-corrected chi connectivity index (χ0v) is 17.6. The van der Waals surface area contributed by atoms with Crippen LogP contribution < -0.4 is 15.4 Å². The Kier molecular flexibility index (Phi) is 7.90. The average Bonchev–Trinajstić information content (AvgIpc) is 2.77. The fraction of sp³-hybridized carbons (Fsp3) is 0.435. The number of nitrogens with zero attached hydrogens (tertiary/aromatic N) is 2. The Morgan fingerprint density at radius 2 is 1.90 bits per heavy atom. The lowest BCUT2D eigenvalue weighted by atomic mass is 10.0. The van der Waals surface area contributed by atoms with E-state index in [2.05, 4.69) is 63.8 Å². The van der Waals surface area contributed by atoms with Crippen molar-refractivity contribution in [2.45, 2.75) is 19.5 Å². The summed E-state index contributed by atoms with van der Waals surface area (Å²) in [7, 11) is 3.50. The molecule has 0 amide bonds. The number of hydrogen-bond donors (Lipinski definition) is 2. The zero-order valence-electron chi connectivity index (χ0n) is 17.6. The molecule has 6 heteroatoms. The second kappa shape index (κ2) is 10.8. The minimum atomic E-state index is 0.238. The van der Waals surface area contributed by atoms with E-state index in [9.17, 15) is 0 Å². The van der Waals surface area contributed by atoms with Crippen molar-refractivity contribution >= 4 is 5.96 Å². The minimum absolute atomic E-state index is 0.238. The van der Waals surface area contributed by atoms with E-state index in [1.807, 2.05) is 19.2 Å². The summed E-state index contributed by atoms with van der Waals surface area (Å²) in [4.78, 5) is 6.86. The van der Waals surface area contributed by atoms with Gasteiger partial charge in [0.25, 0.3) is 0 Å². The van der Waals surface area contributed by atoms with Crippen LogP contribution >= 0.6 is 0 Å². The van der Waals surface area contributed by atoms with Gasteiger partial charge in [-0.05, 0) is 30.2 Å². The van der Waals surface area contributed by atoms with Crippen molar-refractivity contribution in [2.24, 2.45) is 4.99 Å². The van der Waals surface area contributed by atoms with Crippen molar-refractivity contribution in [1.82, 2.24) is 15.5 Å². The second-order valence-corrected chi connectivity index (χ2v) is 7.23. The number of aliphatic imine (C=N–C) groups is 1. The number of aryl methyl sites for hydroxylation is 1. The Hall–Kier alpha value is -2.57. The van der Waals surface area contributed by atoms with Crippen LogP contribution in [-0.2, 0) is 11.3 Å². The summed E-state index contributed by atoms with van der Waals surface area (Å²) in [5, 5.41) is 6.92. The number of hydrogen-bond acceptors (Lipinski definition) is 4. The van der Waals surface area contributed by atoms with E-state index in [4.69, 9.17) is 9.47 Å². The number of ether oxygens (including phenoxy) is 2. The molecule has 0 spiro atoms.